The van der Waals surface area contributed by atoms with Crippen molar-refractivity contribution in [2.45, 2.75) is 26.7 Å². The minimum Gasteiger partial charge on any atom is -0.449 e. The van der Waals surface area contributed by atoms with E-state index in [1.54, 1.807) is 0 Å². The minimum absolute atomic E-state index is 0.461. The molecule has 0 heterocycles. The van der Waals surface area contributed by atoms with E-state index in [9.17, 15) is 4.79 Å². The van der Waals surface area contributed by atoms with E-state index in [1.165, 1.54) is 0 Å². The van der Waals surface area contributed by atoms with Gasteiger partial charge in [0.1, 0.15) is 0 Å². The Kier molecular flexibility index (Phi) is 4.72. The summed E-state index contributed by atoms with van der Waals surface area (Å²) in [7, 11) is 0. The molecule has 0 aromatic heterocycles. The quantitative estimate of drug-likeness (QED) is 0.652. The number of nitrogens with two attached hydrogens (primary N) is 1. The summed E-state index contributed by atoms with van der Waals surface area (Å²) in [5, 5.41) is 0. The van der Waals surface area contributed by atoms with Crippen LogP contribution in [0, 0.1) is 5.92 Å². The zero-order valence-electron chi connectivity index (χ0n) is 6.59. The molecular weight excluding hydrogens is 130 g/mol. The van der Waals surface area contributed by atoms with Crippen LogP contribution < -0.4 is 5.73 Å². The molecule has 0 spiro atoms. The van der Waals surface area contributed by atoms with Gasteiger partial charge in [0.05, 0.1) is 6.61 Å². The lowest BCUT2D eigenvalue weighted by Crippen LogP contribution is -2.18. The number of primary amides is 1. The number of amides is 1. The highest BCUT2D eigenvalue weighted by atomic mass is 16.5. The Labute approximate surface area is 61.5 Å². The third kappa shape index (κ3) is 4.18. The maximum atomic E-state index is 10.1. The molecule has 0 radical (unpaired) electrons. The summed E-state index contributed by atoms with van der Waals surface area (Å²) in [6, 6.07) is 0. The normalized spacial score (nSPS) is 9.90. The highest BCUT2D eigenvalue weighted by Crippen LogP contribution is 2.06. The molecule has 0 aliphatic carbocycles. The smallest absolute Gasteiger partial charge is 0.404 e. The molecule has 0 rings (SSSR count). The van der Waals surface area contributed by atoms with Crippen LogP contribution in [0.3, 0.4) is 0 Å². The molecule has 0 aliphatic rings. The Balaban J connectivity index is 3.34. The van der Waals surface area contributed by atoms with E-state index in [2.05, 4.69) is 18.6 Å². The molecule has 0 saturated carbocycles. The summed E-state index contributed by atoms with van der Waals surface area (Å²) in [6.45, 7) is 4.60. The van der Waals surface area contributed by atoms with E-state index in [0.29, 0.717) is 12.5 Å². The van der Waals surface area contributed by atoms with Crippen LogP contribution in [0.5, 0.6) is 0 Å². The third-order valence-corrected chi connectivity index (χ3v) is 1.62. The van der Waals surface area contributed by atoms with Crippen LogP contribution in [0.1, 0.15) is 26.7 Å². The van der Waals surface area contributed by atoms with Crippen molar-refractivity contribution < 1.29 is 9.53 Å². The molecule has 0 saturated heterocycles. The molecular formula is C7H15NO2. The molecule has 0 aromatic carbocycles. The van der Waals surface area contributed by atoms with Gasteiger partial charge in [0.2, 0.25) is 0 Å². The number of rotatable bonds is 4. The first-order valence-corrected chi connectivity index (χ1v) is 3.62. The van der Waals surface area contributed by atoms with Gasteiger partial charge in [-0.05, 0) is 5.92 Å². The predicted molar refractivity (Wildman–Crippen MR) is 39.6 cm³/mol. The summed E-state index contributed by atoms with van der Waals surface area (Å²) in [4.78, 5) is 10.1. The van der Waals surface area contributed by atoms with E-state index >= 15 is 0 Å². The molecule has 0 atom stereocenters. The summed E-state index contributed by atoms with van der Waals surface area (Å²) in [5.41, 5.74) is 4.79. The first-order chi connectivity index (χ1) is 4.70. The van der Waals surface area contributed by atoms with Crippen molar-refractivity contribution in [3.63, 3.8) is 0 Å². The van der Waals surface area contributed by atoms with Crippen LogP contribution >= 0.6 is 0 Å². The van der Waals surface area contributed by atoms with Gasteiger partial charge in [-0.1, -0.05) is 26.7 Å². The van der Waals surface area contributed by atoms with Crippen LogP contribution in [0.25, 0.3) is 0 Å². The molecule has 0 aromatic rings. The van der Waals surface area contributed by atoms with Crippen LogP contribution in [0.2, 0.25) is 0 Å². The fourth-order valence-corrected chi connectivity index (χ4v) is 0.724. The standard InChI is InChI=1S/C7H15NO2/c1-3-6(4-2)5-10-7(8)9/h6H,3-5H2,1-2H3,(H2,8,9). The number of carbonyl (C=O) groups is 1. The summed E-state index contributed by atoms with van der Waals surface area (Å²) in [6.07, 6.45) is 1.39. The molecule has 1 amide bonds. The maximum absolute atomic E-state index is 10.1. The van der Waals surface area contributed by atoms with E-state index in [-0.39, 0.29) is 0 Å². The highest BCUT2D eigenvalue weighted by molar-refractivity contribution is 5.64. The van der Waals surface area contributed by atoms with Crippen molar-refractivity contribution in [1.82, 2.24) is 0 Å². The SMILES string of the molecule is CCC(CC)COC(N)=O. The van der Waals surface area contributed by atoms with Gasteiger partial charge in [-0.25, -0.2) is 4.79 Å². The Morgan fingerprint density at radius 1 is 1.50 bits per heavy atom. The van der Waals surface area contributed by atoms with Crippen molar-refractivity contribution >= 4 is 6.09 Å². The van der Waals surface area contributed by atoms with Gasteiger partial charge < -0.3 is 10.5 Å². The zero-order chi connectivity index (χ0) is 7.98. The summed E-state index contributed by atoms with van der Waals surface area (Å²) in [5.74, 6) is 0.465. The Morgan fingerprint density at radius 2 is 2.00 bits per heavy atom. The van der Waals surface area contributed by atoms with Crippen LogP contribution in [0.4, 0.5) is 4.79 Å². The lowest BCUT2D eigenvalue weighted by Gasteiger charge is -2.10. The molecule has 60 valence electrons. The summed E-state index contributed by atoms with van der Waals surface area (Å²) < 4.78 is 4.62. The second kappa shape index (κ2) is 5.09. The molecule has 0 aliphatic heterocycles. The molecule has 10 heavy (non-hydrogen) atoms. The van der Waals surface area contributed by atoms with E-state index in [1.807, 2.05) is 0 Å². The lowest BCUT2D eigenvalue weighted by atomic mass is 10.1. The average Bonchev–Trinajstić information content (AvgIpc) is 1.90. The Hall–Kier alpha value is -0.730. The average molecular weight is 145 g/mol. The highest BCUT2D eigenvalue weighted by Gasteiger charge is 2.04. The molecule has 0 unspecified atom stereocenters. The zero-order valence-corrected chi connectivity index (χ0v) is 6.59. The molecule has 3 nitrogen and oxygen atoms in total. The largest absolute Gasteiger partial charge is 0.449 e. The van der Waals surface area contributed by atoms with Gasteiger partial charge in [0.25, 0.3) is 0 Å². The van der Waals surface area contributed by atoms with E-state index in [4.69, 9.17) is 5.73 Å². The van der Waals surface area contributed by atoms with Crippen molar-refractivity contribution in [2.75, 3.05) is 6.61 Å². The van der Waals surface area contributed by atoms with Crippen LogP contribution in [0.15, 0.2) is 0 Å². The van der Waals surface area contributed by atoms with Crippen molar-refractivity contribution in [3.8, 4) is 0 Å². The van der Waals surface area contributed by atoms with Gasteiger partial charge >= 0.3 is 6.09 Å². The second-order valence-electron chi connectivity index (χ2n) is 2.31. The second-order valence-corrected chi connectivity index (χ2v) is 2.31. The molecule has 0 fully saturated rings. The van der Waals surface area contributed by atoms with Gasteiger partial charge in [0.15, 0.2) is 0 Å². The van der Waals surface area contributed by atoms with Gasteiger partial charge in [-0.15, -0.1) is 0 Å². The fraction of sp³-hybridized carbons (Fsp3) is 0.857. The fourth-order valence-electron chi connectivity index (χ4n) is 0.724. The third-order valence-electron chi connectivity index (χ3n) is 1.62. The monoisotopic (exact) mass is 145 g/mol. The van der Waals surface area contributed by atoms with Gasteiger partial charge in [-0.3, -0.25) is 0 Å². The Bertz CT molecular complexity index is 99.8. The van der Waals surface area contributed by atoms with Gasteiger partial charge in [-0.2, -0.15) is 0 Å². The number of ether oxygens (including phenoxy) is 1. The van der Waals surface area contributed by atoms with Crippen LogP contribution in [-0.2, 0) is 4.74 Å². The van der Waals surface area contributed by atoms with Crippen molar-refractivity contribution in [1.29, 1.82) is 0 Å². The maximum Gasteiger partial charge on any atom is 0.404 e. The first kappa shape index (κ1) is 9.27. The van der Waals surface area contributed by atoms with E-state index < -0.39 is 6.09 Å². The van der Waals surface area contributed by atoms with Crippen LogP contribution in [-0.4, -0.2) is 12.7 Å². The lowest BCUT2D eigenvalue weighted by molar-refractivity contribution is 0.134. The molecule has 2 N–H and O–H groups in total. The van der Waals surface area contributed by atoms with Crippen molar-refractivity contribution in [3.05, 3.63) is 0 Å². The number of carbonyl (C=O) groups excluding carboxylic acids is 1. The minimum atomic E-state index is -0.674. The molecule has 0 bridgehead atoms. The number of hydrogen-bond donors (Lipinski definition) is 1. The van der Waals surface area contributed by atoms with E-state index in [0.717, 1.165) is 12.8 Å². The molecule has 3 heteroatoms. The number of hydrogen-bond acceptors (Lipinski definition) is 2. The topological polar surface area (TPSA) is 52.3 Å². The predicted octanol–water partition coefficient (Wildman–Crippen LogP) is 1.52. The Morgan fingerprint density at radius 3 is 2.30 bits per heavy atom. The first-order valence-electron chi connectivity index (χ1n) is 3.62. The summed E-state index contributed by atoms with van der Waals surface area (Å²) >= 11 is 0. The van der Waals surface area contributed by atoms with Crippen molar-refractivity contribution in [2.24, 2.45) is 11.7 Å². The van der Waals surface area contributed by atoms with Gasteiger partial charge in [0, 0.05) is 0 Å².